The molecule has 2 atom stereocenters. The number of hydrogen-bond acceptors (Lipinski definition) is 3. The Balaban J connectivity index is 2.19. The van der Waals surface area contributed by atoms with E-state index in [1.165, 1.54) is 0 Å². The Morgan fingerprint density at radius 2 is 2.21 bits per heavy atom. The van der Waals surface area contributed by atoms with E-state index in [-0.39, 0.29) is 21.1 Å². The lowest BCUT2D eigenvalue weighted by Crippen LogP contribution is -2.27. The first-order valence-corrected chi connectivity index (χ1v) is 8.39. The number of rotatable bonds is 5. The monoisotopic (exact) mass is 350 g/mol. The van der Waals surface area contributed by atoms with E-state index in [1.54, 1.807) is 0 Å². The van der Waals surface area contributed by atoms with Crippen LogP contribution in [0.15, 0.2) is 21.5 Å². The molecule has 2 rings (SSSR count). The lowest BCUT2D eigenvalue weighted by Gasteiger charge is -2.09. The molecule has 0 aliphatic heterocycles. The first kappa shape index (κ1) is 14.7. The van der Waals surface area contributed by atoms with Crippen LogP contribution in [0, 0.1) is 11.7 Å². The van der Waals surface area contributed by atoms with E-state index < -0.39 is 15.8 Å². The Bertz CT molecular complexity index is 592. The van der Waals surface area contributed by atoms with Gasteiger partial charge in [-0.2, -0.15) is 0 Å². The van der Waals surface area contributed by atoms with Crippen LogP contribution in [0.4, 0.5) is 10.1 Å². The summed E-state index contributed by atoms with van der Waals surface area (Å²) in [6.45, 7) is 2.07. The van der Waals surface area contributed by atoms with Gasteiger partial charge in [0.1, 0.15) is 5.82 Å². The third-order valence-electron chi connectivity index (χ3n) is 3.23. The van der Waals surface area contributed by atoms with Crippen molar-refractivity contribution in [2.45, 2.75) is 37.1 Å². The fourth-order valence-corrected chi connectivity index (χ4v) is 4.46. The number of sulfonamides is 1. The van der Waals surface area contributed by atoms with Crippen molar-refractivity contribution in [2.24, 2.45) is 5.92 Å². The quantitative estimate of drug-likeness (QED) is 0.801. The van der Waals surface area contributed by atoms with Crippen LogP contribution < -0.4 is 10.5 Å². The second-order valence-electron chi connectivity index (χ2n) is 4.82. The zero-order valence-corrected chi connectivity index (χ0v) is 12.9. The fraction of sp³-hybridized carbons (Fsp3) is 0.500. The molecule has 1 aromatic rings. The number of nitrogen functional groups attached to an aromatic ring is 1. The second-order valence-corrected chi connectivity index (χ2v) is 7.35. The number of benzene rings is 1. The van der Waals surface area contributed by atoms with Crippen LogP contribution in [-0.4, -0.2) is 14.5 Å². The lowest BCUT2D eigenvalue weighted by molar-refractivity contribution is 0.572. The summed E-state index contributed by atoms with van der Waals surface area (Å²) in [6.07, 6.45) is 2.91. The van der Waals surface area contributed by atoms with Crippen LogP contribution in [0.1, 0.15) is 26.2 Å². The first-order valence-electron chi connectivity index (χ1n) is 6.12. The second kappa shape index (κ2) is 5.38. The molecule has 1 aromatic carbocycles. The van der Waals surface area contributed by atoms with Crippen LogP contribution in [0.25, 0.3) is 0 Å². The molecule has 4 nitrogen and oxygen atoms in total. The van der Waals surface area contributed by atoms with E-state index in [9.17, 15) is 12.8 Å². The maximum Gasteiger partial charge on any atom is 0.242 e. The predicted octanol–water partition coefficient (Wildman–Crippen LogP) is 2.64. The number of halogens is 2. The smallest absolute Gasteiger partial charge is 0.242 e. The van der Waals surface area contributed by atoms with Gasteiger partial charge in [-0.05, 0) is 46.8 Å². The minimum Gasteiger partial charge on any atom is -0.396 e. The van der Waals surface area contributed by atoms with Gasteiger partial charge in [-0.3, -0.25) is 0 Å². The van der Waals surface area contributed by atoms with Gasteiger partial charge in [0, 0.05) is 10.5 Å². The molecule has 0 radical (unpaired) electrons. The van der Waals surface area contributed by atoms with Crippen molar-refractivity contribution in [1.29, 1.82) is 0 Å². The molecular formula is C12H16BrFN2O2S. The highest BCUT2D eigenvalue weighted by Gasteiger charge is 2.39. The van der Waals surface area contributed by atoms with Gasteiger partial charge in [-0.25, -0.2) is 17.5 Å². The molecule has 3 N–H and O–H groups in total. The minimum absolute atomic E-state index is 0.0110. The van der Waals surface area contributed by atoms with Crippen LogP contribution in [-0.2, 0) is 10.0 Å². The number of hydrogen-bond donors (Lipinski definition) is 2. The van der Waals surface area contributed by atoms with Gasteiger partial charge in [0.25, 0.3) is 0 Å². The Morgan fingerprint density at radius 1 is 1.53 bits per heavy atom. The zero-order valence-electron chi connectivity index (χ0n) is 10.5. The van der Waals surface area contributed by atoms with Gasteiger partial charge in [0.05, 0.1) is 10.6 Å². The van der Waals surface area contributed by atoms with E-state index in [1.807, 2.05) is 0 Å². The van der Waals surface area contributed by atoms with Gasteiger partial charge in [0.15, 0.2) is 0 Å². The maximum atomic E-state index is 13.2. The first-order chi connectivity index (χ1) is 8.85. The molecule has 1 aliphatic rings. The molecular weight excluding hydrogens is 335 g/mol. The Labute approximate surface area is 120 Å². The van der Waals surface area contributed by atoms with Crippen molar-refractivity contribution in [3.63, 3.8) is 0 Å². The summed E-state index contributed by atoms with van der Waals surface area (Å²) in [4.78, 5) is -0.0199. The molecule has 0 spiro atoms. The van der Waals surface area contributed by atoms with Gasteiger partial charge in [0.2, 0.25) is 10.0 Å². The summed E-state index contributed by atoms with van der Waals surface area (Å²) >= 11 is 3.06. The van der Waals surface area contributed by atoms with E-state index >= 15 is 0 Å². The lowest BCUT2D eigenvalue weighted by atomic mass is 10.2. The molecule has 0 heterocycles. The molecule has 1 aliphatic carbocycles. The summed E-state index contributed by atoms with van der Waals surface area (Å²) in [6, 6.07) is 2.20. The van der Waals surface area contributed by atoms with Crippen molar-refractivity contribution < 1.29 is 12.8 Å². The van der Waals surface area contributed by atoms with Crippen LogP contribution in [0.2, 0.25) is 0 Å². The molecule has 2 unspecified atom stereocenters. The van der Waals surface area contributed by atoms with Crippen LogP contribution >= 0.6 is 15.9 Å². The molecule has 106 valence electrons. The van der Waals surface area contributed by atoms with E-state index in [4.69, 9.17) is 5.73 Å². The topological polar surface area (TPSA) is 72.2 Å². The number of nitrogens with one attached hydrogen (secondary N) is 1. The van der Waals surface area contributed by atoms with Gasteiger partial charge < -0.3 is 5.73 Å². The highest BCUT2D eigenvalue weighted by Crippen LogP contribution is 2.36. The molecule has 7 heteroatoms. The molecule has 0 bridgehead atoms. The summed E-state index contributed by atoms with van der Waals surface area (Å²) in [7, 11) is -3.66. The normalized spacial score (nSPS) is 22.5. The van der Waals surface area contributed by atoms with Crippen molar-refractivity contribution in [1.82, 2.24) is 4.72 Å². The fourth-order valence-electron chi connectivity index (χ4n) is 2.10. The molecule has 19 heavy (non-hydrogen) atoms. The molecule has 1 saturated carbocycles. The van der Waals surface area contributed by atoms with Crippen molar-refractivity contribution in [2.75, 3.05) is 5.73 Å². The number of nitrogens with two attached hydrogens (primary N) is 1. The van der Waals surface area contributed by atoms with E-state index in [0.29, 0.717) is 5.92 Å². The Hall–Kier alpha value is -0.660. The molecule has 0 aromatic heterocycles. The number of anilines is 1. The van der Waals surface area contributed by atoms with Crippen molar-refractivity contribution >= 4 is 31.6 Å². The molecule has 0 amide bonds. The predicted molar refractivity (Wildman–Crippen MR) is 75.6 cm³/mol. The van der Waals surface area contributed by atoms with Crippen LogP contribution in [0.3, 0.4) is 0 Å². The molecule has 1 fully saturated rings. The SMILES string of the molecule is CCCC1CC1NS(=O)(=O)c1cc(N)c(F)cc1Br. The maximum absolute atomic E-state index is 13.2. The average molecular weight is 351 g/mol. The van der Waals surface area contributed by atoms with E-state index in [2.05, 4.69) is 27.6 Å². The van der Waals surface area contributed by atoms with Crippen LogP contribution in [0.5, 0.6) is 0 Å². The highest BCUT2D eigenvalue weighted by molar-refractivity contribution is 9.10. The third kappa shape index (κ3) is 3.27. The Kier molecular flexibility index (Phi) is 4.17. The Morgan fingerprint density at radius 3 is 2.84 bits per heavy atom. The summed E-state index contributed by atoms with van der Waals surface area (Å²) < 4.78 is 40.4. The standard InChI is InChI=1S/C12H16BrFN2O2S/c1-2-3-7-4-11(7)16-19(17,18)12-6-10(15)9(14)5-8(12)13/h5-7,11,16H,2-4,15H2,1H3. The average Bonchev–Trinajstić information content (AvgIpc) is 3.01. The van der Waals surface area contributed by atoms with Crippen molar-refractivity contribution in [3.8, 4) is 0 Å². The summed E-state index contributed by atoms with van der Waals surface area (Å²) in [5, 5.41) is 0. The zero-order chi connectivity index (χ0) is 14.2. The van der Waals surface area contributed by atoms with Gasteiger partial charge in [-0.15, -0.1) is 0 Å². The van der Waals surface area contributed by atoms with E-state index in [0.717, 1.165) is 31.4 Å². The summed E-state index contributed by atoms with van der Waals surface area (Å²) in [5.41, 5.74) is 5.24. The highest BCUT2D eigenvalue weighted by atomic mass is 79.9. The summed E-state index contributed by atoms with van der Waals surface area (Å²) in [5.74, 6) is -0.225. The van der Waals surface area contributed by atoms with Crippen molar-refractivity contribution in [3.05, 3.63) is 22.4 Å². The van der Waals surface area contributed by atoms with Gasteiger partial charge in [-0.1, -0.05) is 13.3 Å². The minimum atomic E-state index is -3.66. The molecule has 0 saturated heterocycles. The van der Waals surface area contributed by atoms with Gasteiger partial charge >= 0.3 is 0 Å². The third-order valence-corrected chi connectivity index (χ3v) is 5.68. The largest absolute Gasteiger partial charge is 0.396 e.